The van der Waals surface area contributed by atoms with E-state index < -0.39 is 74.2 Å². The molecule has 1 rings (SSSR count). The number of ether oxygens (including phenoxy) is 2. The summed E-state index contributed by atoms with van der Waals surface area (Å²) in [6.07, 6.45) is 41.2. The predicted molar refractivity (Wildman–Crippen MR) is 275 cm³/mol. The van der Waals surface area contributed by atoms with Gasteiger partial charge in [-0.25, -0.2) is 0 Å². The van der Waals surface area contributed by atoms with Crippen LogP contribution in [0.15, 0.2) is 12.2 Å². The Bertz CT molecular complexity index is 1100. The van der Waals surface area contributed by atoms with Crippen molar-refractivity contribution in [1.29, 1.82) is 0 Å². The van der Waals surface area contributed by atoms with Gasteiger partial charge in [0.15, 0.2) is 6.29 Å². The van der Waals surface area contributed by atoms with E-state index >= 15 is 0 Å². The van der Waals surface area contributed by atoms with Crippen molar-refractivity contribution in [3.8, 4) is 0 Å². The molecule has 11 heteroatoms. The summed E-state index contributed by atoms with van der Waals surface area (Å²) in [5.41, 5.74) is 0. The van der Waals surface area contributed by atoms with Crippen molar-refractivity contribution in [3.05, 3.63) is 12.2 Å². The molecule has 398 valence electrons. The highest BCUT2D eigenvalue weighted by atomic mass is 16.7. The number of carbonyl (C=O) groups excluding carboxylic acids is 1. The minimum Gasteiger partial charge on any atom is -0.394 e. The maximum absolute atomic E-state index is 13.2. The van der Waals surface area contributed by atoms with Crippen molar-refractivity contribution in [2.24, 2.45) is 0 Å². The Morgan fingerprint density at radius 1 is 0.507 bits per heavy atom. The van der Waals surface area contributed by atoms with Gasteiger partial charge in [-0.15, -0.1) is 0 Å². The molecule has 1 aliphatic heterocycles. The number of rotatable bonds is 49. The van der Waals surface area contributed by atoms with Crippen LogP contribution in [0.1, 0.15) is 271 Å². The first-order valence-corrected chi connectivity index (χ1v) is 28.6. The Morgan fingerprint density at radius 3 is 1.25 bits per heavy atom. The van der Waals surface area contributed by atoms with Crippen LogP contribution in [0.4, 0.5) is 0 Å². The first kappa shape index (κ1) is 63.9. The molecule has 0 spiro atoms. The van der Waals surface area contributed by atoms with E-state index in [-0.39, 0.29) is 6.42 Å². The molecule has 0 radical (unpaired) electrons. The van der Waals surface area contributed by atoms with Crippen LogP contribution in [0.3, 0.4) is 0 Å². The Morgan fingerprint density at radius 2 is 0.866 bits per heavy atom. The van der Waals surface area contributed by atoms with E-state index in [0.717, 1.165) is 51.4 Å². The number of hydrogen-bond donors (Lipinski definition) is 8. The molecule has 1 fully saturated rings. The molecule has 0 aliphatic carbocycles. The zero-order chi connectivity index (χ0) is 49.0. The van der Waals surface area contributed by atoms with Crippen molar-refractivity contribution >= 4 is 5.91 Å². The van der Waals surface area contributed by atoms with Gasteiger partial charge in [-0.2, -0.15) is 0 Å². The monoisotopic (exact) mass is 956 g/mol. The molecule has 8 N–H and O–H groups in total. The molecule has 9 unspecified atom stereocenters. The second-order valence-electron chi connectivity index (χ2n) is 20.4. The van der Waals surface area contributed by atoms with Gasteiger partial charge in [-0.1, -0.05) is 244 Å². The third kappa shape index (κ3) is 34.8. The van der Waals surface area contributed by atoms with Gasteiger partial charge in [-0.3, -0.25) is 4.79 Å². The minimum atomic E-state index is -1.66. The molecule has 11 nitrogen and oxygen atoms in total. The third-order valence-corrected chi connectivity index (χ3v) is 14.1. The highest BCUT2D eigenvalue weighted by Gasteiger charge is 2.44. The highest BCUT2D eigenvalue weighted by molar-refractivity contribution is 5.80. The fraction of sp³-hybridized carbons (Fsp3) is 0.946. The van der Waals surface area contributed by atoms with Crippen LogP contribution < -0.4 is 5.32 Å². The van der Waals surface area contributed by atoms with E-state index in [0.29, 0.717) is 19.3 Å². The van der Waals surface area contributed by atoms with Gasteiger partial charge < -0.3 is 50.5 Å². The van der Waals surface area contributed by atoms with Crippen molar-refractivity contribution < 1.29 is 50.0 Å². The molecule has 0 aromatic heterocycles. The van der Waals surface area contributed by atoms with E-state index in [1.807, 2.05) is 0 Å². The summed E-state index contributed by atoms with van der Waals surface area (Å²) >= 11 is 0. The second kappa shape index (κ2) is 46.0. The van der Waals surface area contributed by atoms with E-state index in [2.05, 4.69) is 31.3 Å². The fourth-order valence-electron chi connectivity index (χ4n) is 9.38. The van der Waals surface area contributed by atoms with E-state index in [4.69, 9.17) is 9.47 Å². The number of unbranched alkanes of at least 4 members (excludes halogenated alkanes) is 35. The number of allylic oxidation sites excluding steroid dienone is 2. The van der Waals surface area contributed by atoms with Crippen LogP contribution in [0, 0.1) is 0 Å². The number of amides is 1. The predicted octanol–water partition coefficient (Wildman–Crippen LogP) is 11.6. The molecular formula is C56H109NO10. The normalized spacial score (nSPS) is 20.6. The molecule has 0 aromatic rings. The molecule has 1 heterocycles. The lowest BCUT2D eigenvalue weighted by molar-refractivity contribution is -0.303. The average Bonchev–Trinajstić information content (AvgIpc) is 3.33. The summed E-state index contributed by atoms with van der Waals surface area (Å²) in [5.74, 6) is -0.698. The zero-order valence-electron chi connectivity index (χ0n) is 43.4. The third-order valence-electron chi connectivity index (χ3n) is 14.1. The maximum Gasteiger partial charge on any atom is 0.249 e. The molecule has 0 bridgehead atoms. The van der Waals surface area contributed by atoms with E-state index in [1.54, 1.807) is 0 Å². The smallest absolute Gasteiger partial charge is 0.249 e. The van der Waals surface area contributed by atoms with Gasteiger partial charge in [0.25, 0.3) is 0 Å². The van der Waals surface area contributed by atoms with Gasteiger partial charge in [0.1, 0.15) is 36.6 Å². The lowest BCUT2D eigenvalue weighted by atomic mass is 9.98. The van der Waals surface area contributed by atoms with Crippen LogP contribution in [0.5, 0.6) is 0 Å². The van der Waals surface area contributed by atoms with Gasteiger partial charge in [0.05, 0.1) is 25.4 Å². The zero-order valence-corrected chi connectivity index (χ0v) is 43.4. The van der Waals surface area contributed by atoms with Crippen molar-refractivity contribution in [2.45, 2.75) is 326 Å². The maximum atomic E-state index is 13.2. The molecule has 0 saturated carbocycles. The van der Waals surface area contributed by atoms with Crippen molar-refractivity contribution in [3.63, 3.8) is 0 Å². The summed E-state index contributed by atoms with van der Waals surface area (Å²) < 4.78 is 11.1. The molecular weight excluding hydrogens is 847 g/mol. The quantitative estimate of drug-likeness (QED) is 0.0215. The van der Waals surface area contributed by atoms with E-state index in [1.165, 1.54) is 180 Å². The Hall–Kier alpha value is -1.15. The second-order valence-corrected chi connectivity index (χ2v) is 20.4. The van der Waals surface area contributed by atoms with Gasteiger partial charge in [0.2, 0.25) is 5.91 Å². The van der Waals surface area contributed by atoms with Gasteiger partial charge >= 0.3 is 0 Å². The summed E-state index contributed by atoms with van der Waals surface area (Å²) in [7, 11) is 0. The first-order valence-electron chi connectivity index (χ1n) is 28.6. The molecule has 9 atom stereocenters. The molecule has 67 heavy (non-hydrogen) atoms. The Balaban J connectivity index is 2.30. The number of hydrogen-bond acceptors (Lipinski definition) is 10. The minimum absolute atomic E-state index is 0.255. The molecule has 0 aromatic carbocycles. The molecule has 1 aliphatic rings. The van der Waals surface area contributed by atoms with Crippen molar-refractivity contribution in [2.75, 3.05) is 13.2 Å². The molecule has 1 saturated heterocycles. The average molecular weight is 956 g/mol. The van der Waals surface area contributed by atoms with Crippen LogP contribution >= 0.6 is 0 Å². The van der Waals surface area contributed by atoms with E-state index in [9.17, 15) is 40.5 Å². The van der Waals surface area contributed by atoms with Crippen LogP contribution in [-0.4, -0.2) is 110 Å². The summed E-state index contributed by atoms with van der Waals surface area (Å²) in [6.45, 7) is 3.47. The lowest BCUT2D eigenvalue weighted by Crippen LogP contribution is -2.60. The molecule has 1 amide bonds. The summed E-state index contributed by atoms with van der Waals surface area (Å²) in [5, 5.41) is 76.1. The Labute approximate surface area is 411 Å². The summed E-state index contributed by atoms with van der Waals surface area (Å²) in [6, 6.07) is -1.17. The number of nitrogens with one attached hydrogen (secondary N) is 1. The van der Waals surface area contributed by atoms with Crippen LogP contribution in [0.2, 0.25) is 0 Å². The SMILES string of the molecule is CCCCCCCC/C=C\CCCCCCCCC(O)C(=O)NC(COC1OC(CO)C(O)C(O)C1O)C(O)C(O)CCCCCCCCCCCCCCCCCCCCCCCCCC. The van der Waals surface area contributed by atoms with Gasteiger partial charge in [-0.05, 0) is 38.5 Å². The number of aliphatic hydroxyl groups is 7. The van der Waals surface area contributed by atoms with Crippen LogP contribution in [-0.2, 0) is 14.3 Å². The van der Waals surface area contributed by atoms with Crippen molar-refractivity contribution in [1.82, 2.24) is 5.32 Å². The Kier molecular flexibility index (Phi) is 43.8. The largest absolute Gasteiger partial charge is 0.394 e. The standard InChI is InChI=1S/C56H109NO10/c1-3-5-7-9-11-13-15-17-19-21-22-23-24-25-26-27-28-30-31-33-35-37-39-41-43-48(59)51(61)47(46-66-56-54(64)53(63)52(62)50(45-58)67-56)57-55(65)49(60)44-42-40-38-36-34-32-29-20-18-16-14-12-10-8-6-4-2/h18,20,47-54,56,58-64H,3-17,19,21-46H2,1-2H3,(H,57,65)/b20-18-. The summed E-state index contributed by atoms with van der Waals surface area (Å²) in [4.78, 5) is 13.2. The lowest BCUT2D eigenvalue weighted by Gasteiger charge is -2.40. The van der Waals surface area contributed by atoms with Crippen LogP contribution in [0.25, 0.3) is 0 Å². The number of carbonyl (C=O) groups is 1. The fourth-order valence-corrected chi connectivity index (χ4v) is 9.38. The first-order chi connectivity index (χ1) is 32.7. The number of aliphatic hydroxyl groups excluding tert-OH is 7. The topological polar surface area (TPSA) is 189 Å². The highest BCUT2D eigenvalue weighted by Crippen LogP contribution is 2.23. The van der Waals surface area contributed by atoms with Gasteiger partial charge in [0, 0.05) is 0 Å².